The fourth-order valence-electron chi connectivity index (χ4n) is 4.89. The molecule has 2 aliphatic heterocycles. The van der Waals surface area contributed by atoms with E-state index in [1.165, 1.54) is 18.1 Å². The van der Waals surface area contributed by atoms with Crippen LogP contribution >= 0.6 is 27.7 Å². The molecule has 0 radical (unpaired) electrons. The van der Waals surface area contributed by atoms with E-state index in [1.807, 2.05) is 16.7 Å². The molecule has 0 spiro atoms. The quantitative estimate of drug-likeness (QED) is 0.448. The number of aromatic nitrogens is 4. The van der Waals surface area contributed by atoms with Crippen molar-refractivity contribution >= 4 is 50.6 Å². The number of carbonyl (C=O) groups is 1. The second-order valence-electron chi connectivity index (χ2n) is 9.58. The molecule has 2 fully saturated rings. The number of nitrogens with zero attached hydrogens (tertiary/aromatic N) is 5. The number of aryl methyl sites for hydroxylation is 1. The van der Waals surface area contributed by atoms with Crippen molar-refractivity contribution in [1.82, 2.24) is 24.4 Å². The normalized spacial score (nSPS) is 20.8. The van der Waals surface area contributed by atoms with Gasteiger partial charge in [0.2, 0.25) is 5.91 Å². The summed E-state index contributed by atoms with van der Waals surface area (Å²) in [5.41, 5.74) is 7.32. The number of hydrogen-bond donors (Lipinski definition) is 1. The highest BCUT2D eigenvalue weighted by Crippen LogP contribution is 2.50. The lowest BCUT2D eigenvalue weighted by molar-refractivity contribution is -0.136. The van der Waals surface area contributed by atoms with Crippen molar-refractivity contribution in [2.24, 2.45) is 11.8 Å². The van der Waals surface area contributed by atoms with Crippen LogP contribution in [0.4, 0.5) is 14.6 Å². The van der Waals surface area contributed by atoms with E-state index >= 15 is 0 Å². The number of alkyl halides is 2. The molecule has 0 bridgehead atoms. The molecule has 13 heteroatoms. The zero-order valence-electron chi connectivity index (χ0n) is 19.8. The number of ether oxygens (including phenoxy) is 2. The molecule has 1 unspecified atom stereocenters. The minimum Gasteiger partial charge on any atom is -0.486 e. The zero-order valence-corrected chi connectivity index (χ0v) is 22.2. The smallest absolute Gasteiger partial charge is 0.260 e. The number of piperidine rings is 1. The van der Waals surface area contributed by atoms with Gasteiger partial charge in [-0.25, -0.2) is 23.7 Å². The molecule has 1 saturated carbocycles. The van der Waals surface area contributed by atoms with Gasteiger partial charge >= 0.3 is 0 Å². The monoisotopic (exact) mass is 594 g/mol. The molecule has 1 aliphatic carbocycles. The first-order chi connectivity index (χ1) is 17.8. The fourth-order valence-corrected chi connectivity index (χ4v) is 6.40. The molecule has 2 aromatic heterocycles. The summed E-state index contributed by atoms with van der Waals surface area (Å²) in [4.78, 5) is 28.1. The fraction of sp³-hybridized carbons (Fsp3) is 0.500. The zero-order chi connectivity index (χ0) is 25.7. The second-order valence-corrected chi connectivity index (χ2v) is 11.4. The number of carbonyl (C=O) groups excluding carboxylic acids is 1. The molecule has 1 amide bonds. The van der Waals surface area contributed by atoms with Crippen molar-refractivity contribution in [2.75, 3.05) is 32.0 Å². The summed E-state index contributed by atoms with van der Waals surface area (Å²) in [6.45, 7) is 2.69. The van der Waals surface area contributed by atoms with E-state index in [-0.39, 0.29) is 6.42 Å². The maximum absolute atomic E-state index is 13.3. The van der Waals surface area contributed by atoms with E-state index in [0.29, 0.717) is 67.2 Å². The van der Waals surface area contributed by atoms with Gasteiger partial charge in [0, 0.05) is 35.4 Å². The standard InChI is InChI=1S/C24H25BrF2N6O3S/c25-15-9-16-17(36-8-7-35-16)10-18(15)37-23-31-19-20(28)29-12-30-21(19)33(23)6-3-13-1-4-32(5-2-13)22(34)14-11-24(14,26)27/h9-10,12-14H,1-8,11H2,(H2,28,29,30). The lowest BCUT2D eigenvalue weighted by Crippen LogP contribution is -2.40. The van der Waals surface area contributed by atoms with Crippen LogP contribution in [0.25, 0.3) is 11.2 Å². The molecule has 2 N–H and O–H groups in total. The number of halogens is 3. The first kappa shape index (κ1) is 24.7. The molecule has 1 aromatic carbocycles. The van der Waals surface area contributed by atoms with Crippen molar-refractivity contribution in [2.45, 2.75) is 48.2 Å². The third kappa shape index (κ3) is 4.83. The van der Waals surface area contributed by atoms with Gasteiger partial charge in [-0.3, -0.25) is 4.79 Å². The van der Waals surface area contributed by atoms with Gasteiger partial charge < -0.3 is 24.7 Å². The Labute approximate surface area is 224 Å². The van der Waals surface area contributed by atoms with E-state index in [2.05, 4.69) is 25.9 Å². The first-order valence-electron chi connectivity index (χ1n) is 12.2. The number of nitrogen functional groups attached to an aromatic ring is 1. The SMILES string of the molecule is Nc1ncnc2c1nc(Sc1cc3c(cc1Br)OCCO3)n2CCC1CCN(C(=O)C2CC2(F)F)CC1. The van der Waals surface area contributed by atoms with Crippen LogP contribution in [0.15, 0.2) is 33.0 Å². The average molecular weight is 595 g/mol. The van der Waals surface area contributed by atoms with Crippen LogP contribution < -0.4 is 15.2 Å². The maximum Gasteiger partial charge on any atom is 0.260 e. The number of hydrogen-bond acceptors (Lipinski definition) is 8. The molecular weight excluding hydrogens is 570 g/mol. The largest absolute Gasteiger partial charge is 0.486 e. The molecule has 1 atom stereocenters. The second kappa shape index (κ2) is 9.57. The Bertz CT molecular complexity index is 1360. The third-order valence-electron chi connectivity index (χ3n) is 7.13. The Hall–Kier alpha value is -2.67. The van der Waals surface area contributed by atoms with Crippen molar-refractivity contribution in [3.8, 4) is 11.5 Å². The van der Waals surface area contributed by atoms with E-state index in [9.17, 15) is 13.6 Å². The number of imidazole rings is 1. The molecule has 196 valence electrons. The predicted octanol–water partition coefficient (Wildman–Crippen LogP) is 4.38. The summed E-state index contributed by atoms with van der Waals surface area (Å²) in [6, 6.07) is 3.82. The van der Waals surface area contributed by atoms with Gasteiger partial charge in [0.1, 0.15) is 25.5 Å². The Kier molecular flexibility index (Phi) is 6.38. The van der Waals surface area contributed by atoms with Crippen molar-refractivity contribution in [1.29, 1.82) is 0 Å². The van der Waals surface area contributed by atoms with Crippen molar-refractivity contribution in [3.05, 3.63) is 22.9 Å². The highest BCUT2D eigenvalue weighted by atomic mass is 79.9. The van der Waals surface area contributed by atoms with Crippen molar-refractivity contribution in [3.63, 3.8) is 0 Å². The maximum atomic E-state index is 13.3. The number of fused-ring (bicyclic) bond motifs is 2. The van der Waals surface area contributed by atoms with Crippen LogP contribution in [0, 0.1) is 11.8 Å². The molecule has 4 heterocycles. The van der Waals surface area contributed by atoms with Gasteiger partial charge in [0.05, 0.1) is 0 Å². The Balaban J connectivity index is 1.18. The number of likely N-dealkylation sites (tertiary alicyclic amines) is 1. The Morgan fingerprint density at radius 2 is 1.89 bits per heavy atom. The molecule has 1 saturated heterocycles. The summed E-state index contributed by atoms with van der Waals surface area (Å²) < 4.78 is 41.0. The lowest BCUT2D eigenvalue weighted by Gasteiger charge is -2.32. The summed E-state index contributed by atoms with van der Waals surface area (Å²) >= 11 is 5.10. The minimum absolute atomic E-state index is 0.315. The molecule has 9 nitrogen and oxygen atoms in total. The van der Waals surface area contributed by atoms with Gasteiger partial charge in [0.25, 0.3) is 5.92 Å². The highest BCUT2D eigenvalue weighted by Gasteiger charge is 2.62. The Morgan fingerprint density at radius 3 is 2.59 bits per heavy atom. The predicted molar refractivity (Wildman–Crippen MR) is 136 cm³/mol. The summed E-state index contributed by atoms with van der Waals surface area (Å²) in [5, 5.41) is 0.725. The number of amides is 1. The molecule has 3 aromatic rings. The van der Waals surface area contributed by atoms with Gasteiger partial charge in [-0.2, -0.15) is 0 Å². The molecule has 3 aliphatic rings. The number of rotatable bonds is 6. The molecule has 37 heavy (non-hydrogen) atoms. The Morgan fingerprint density at radius 1 is 1.19 bits per heavy atom. The van der Waals surface area contributed by atoms with E-state index in [0.717, 1.165) is 33.8 Å². The van der Waals surface area contributed by atoms with Crippen LogP contribution in [-0.2, 0) is 11.3 Å². The van der Waals surface area contributed by atoms with Crippen LogP contribution in [-0.4, -0.2) is 62.6 Å². The van der Waals surface area contributed by atoms with Gasteiger partial charge in [-0.1, -0.05) is 11.8 Å². The summed E-state index contributed by atoms with van der Waals surface area (Å²) in [6.07, 6.45) is 3.52. The third-order valence-corrected chi connectivity index (χ3v) is 9.10. The summed E-state index contributed by atoms with van der Waals surface area (Å²) in [7, 11) is 0. The van der Waals surface area contributed by atoms with Crippen molar-refractivity contribution < 1.29 is 23.0 Å². The first-order valence-corrected chi connectivity index (χ1v) is 13.8. The van der Waals surface area contributed by atoms with E-state index < -0.39 is 17.7 Å². The minimum atomic E-state index is -2.82. The van der Waals surface area contributed by atoms with Gasteiger partial charge in [0.15, 0.2) is 33.6 Å². The summed E-state index contributed by atoms with van der Waals surface area (Å²) in [5.74, 6) is -2.29. The topological polar surface area (TPSA) is 108 Å². The van der Waals surface area contributed by atoms with Crippen LogP contribution in [0.3, 0.4) is 0 Å². The van der Waals surface area contributed by atoms with Crippen LogP contribution in [0.2, 0.25) is 0 Å². The van der Waals surface area contributed by atoms with E-state index in [1.54, 1.807) is 4.90 Å². The number of anilines is 1. The van der Waals surface area contributed by atoms with Crippen LogP contribution in [0.5, 0.6) is 11.5 Å². The lowest BCUT2D eigenvalue weighted by atomic mass is 9.93. The van der Waals surface area contributed by atoms with Crippen LogP contribution in [0.1, 0.15) is 25.7 Å². The molecular formula is C24H25BrF2N6O3S. The number of nitrogens with two attached hydrogens (primary N) is 1. The van der Waals surface area contributed by atoms with Gasteiger partial charge in [-0.05, 0) is 53.2 Å². The molecule has 6 rings (SSSR count). The number of benzene rings is 1. The van der Waals surface area contributed by atoms with Gasteiger partial charge in [-0.15, -0.1) is 0 Å². The average Bonchev–Trinajstić information content (AvgIpc) is 3.38. The highest BCUT2D eigenvalue weighted by molar-refractivity contribution is 9.10. The van der Waals surface area contributed by atoms with E-state index in [4.69, 9.17) is 20.2 Å².